The van der Waals surface area contributed by atoms with E-state index in [1.165, 1.54) is 12.3 Å². The summed E-state index contributed by atoms with van der Waals surface area (Å²) in [4.78, 5) is 18.9. The fourth-order valence-corrected chi connectivity index (χ4v) is 1.32. The van der Waals surface area contributed by atoms with Crippen molar-refractivity contribution in [2.45, 2.75) is 6.92 Å². The van der Waals surface area contributed by atoms with Crippen LogP contribution in [0.4, 0.5) is 0 Å². The Hall–Kier alpha value is -2.43. The fourth-order valence-electron chi connectivity index (χ4n) is 1.32. The Morgan fingerprint density at radius 2 is 1.94 bits per heavy atom. The van der Waals surface area contributed by atoms with Crippen molar-refractivity contribution in [2.24, 2.45) is 0 Å². The molecule has 2 aromatic heterocycles. The van der Waals surface area contributed by atoms with E-state index in [0.29, 0.717) is 11.4 Å². The zero-order valence-electron chi connectivity index (χ0n) is 9.12. The molecule has 5 heteroatoms. The third-order valence-corrected chi connectivity index (χ3v) is 2.17. The molecule has 0 saturated heterocycles. The number of nitrogens with zero attached hydrogens (tertiary/aromatic N) is 2. The molecule has 5 nitrogen and oxygen atoms in total. The topological polar surface area (TPSA) is 72.3 Å². The van der Waals surface area contributed by atoms with Gasteiger partial charge >= 0.3 is 5.97 Å². The molecule has 0 amide bonds. The van der Waals surface area contributed by atoms with Crippen LogP contribution < -0.4 is 4.74 Å². The van der Waals surface area contributed by atoms with Gasteiger partial charge in [0.25, 0.3) is 0 Å². The van der Waals surface area contributed by atoms with Gasteiger partial charge in [0.05, 0.1) is 5.69 Å². The molecule has 2 heterocycles. The van der Waals surface area contributed by atoms with Crippen molar-refractivity contribution in [3.63, 3.8) is 0 Å². The molecule has 0 fully saturated rings. The maximum absolute atomic E-state index is 11.0. The number of hydrogen-bond acceptors (Lipinski definition) is 4. The third kappa shape index (κ3) is 2.39. The van der Waals surface area contributed by atoms with Crippen LogP contribution in [-0.2, 0) is 0 Å². The molecule has 0 saturated carbocycles. The van der Waals surface area contributed by atoms with Gasteiger partial charge in [0.1, 0.15) is 5.56 Å². The maximum atomic E-state index is 11.0. The van der Waals surface area contributed by atoms with Crippen molar-refractivity contribution in [3.05, 3.63) is 47.9 Å². The molecule has 2 aromatic rings. The highest BCUT2D eigenvalue weighted by molar-refractivity contribution is 5.90. The summed E-state index contributed by atoms with van der Waals surface area (Å²) in [6.45, 7) is 1.78. The van der Waals surface area contributed by atoms with E-state index in [1.54, 1.807) is 31.3 Å². The van der Waals surface area contributed by atoms with Crippen molar-refractivity contribution in [2.75, 3.05) is 0 Å². The Bertz CT molecular complexity index is 555. The summed E-state index contributed by atoms with van der Waals surface area (Å²) in [5.74, 6) is -0.514. The van der Waals surface area contributed by atoms with Gasteiger partial charge in [-0.2, -0.15) is 0 Å². The van der Waals surface area contributed by atoms with Crippen LogP contribution in [0.1, 0.15) is 16.1 Å². The van der Waals surface area contributed by atoms with Crippen LogP contribution in [-0.4, -0.2) is 21.0 Å². The highest BCUT2D eigenvalue weighted by Gasteiger charge is 2.13. The number of carboxylic acids is 1. The van der Waals surface area contributed by atoms with E-state index in [9.17, 15) is 4.79 Å². The summed E-state index contributed by atoms with van der Waals surface area (Å²) in [6.07, 6.45) is 3.12. The van der Waals surface area contributed by atoms with Crippen LogP contribution >= 0.6 is 0 Å². The SMILES string of the molecule is Cc1ncccc1Oc1ncccc1C(=O)O. The first-order valence-corrected chi connectivity index (χ1v) is 4.96. The third-order valence-electron chi connectivity index (χ3n) is 2.17. The minimum atomic E-state index is -1.07. The van der Waals surface area contributed by atoms with Gasteiger partial charge in [-0.05, 0) is 31.2 Å². The number of pyridine rings is 2. The monoisotopic (exact) mass is 230 g/mol. The minimum absolute atomic E-state index is 0.0238. The van der Waals surface area contributed by atoms with E-state index in [0.717, 1.165) is 0 Å². The molecule has 86 valence electrons. The molecule has 0 spiro atoms. The molecule has 0 aliphatic rings. The fraction of sp³-hybridized carbons (Fsp3) is 0.0833. The van der Waals surface area contributed by atoms with Crippen molar-refractivity contribution < 1.29 is 14.6 Å². The summed E-state index contributed by atoms with van der Waals surface area (Å²) in [7, 11) is 0. The Balaban J connectivity index is 2.37. The van der Waals surface area contributed by atoms with E-state index >= 15 is 0 Å². The second-order valence-electron chi connectivity index (χ2n) is 3.35. The number of aromatic carboxylic acids is 1. The van der Waals surface area contributed by atoms with E-state index in [2.05, 4.69) is 9.97 Å². The largest absolute Gasteiger partial charge is 0.477 e. The maximum Gasteiger partial charge on any atom is 0.341 e. The molecule has 1 N–H and O–H groups in total. The van der Waals surface area contributed by atoms with Crippen LogP contribution in [0.25, 0.3) is 0 Å². The van der Waals surface area contributed by atoms with Crippen molar-refractivity contribution >= 4 is 5.97 Å². The zero-order chi connectivity index (χ0) is 12.3. The highest BCUT2D eigenvalue weighted by Crippen LogP contribution is 2.24. The minimum Gasteiger partial charge on any atom is -0.477 e. The summed E-state index contributed by atoms with van der Waals surface area (Å²) in [6, 6.07) is 6.41. The first-order valence-electron chi connectivity index (χ1n) is 4.96. The molecule has 0 aliphatic heterocycles. The van der Waals surface area contributed by atoms with Crippen molar-refractivity contribution in [1.29, 1.82) is 0 Å². The average Bonchev–Trinajstić information content (AvgIpc) is 2.32. The smallest absolute Gasteiger partial charge is 0.341 e. The van der Waals surface area contributed by atoms with Crippen LogP contribution in [0, 0.1) is 6.92 Å². The lowest BCUT2D eigenvalue weighted by Gasteiger charge is -2.08. The molecule has 2 rings (SSSR count). The van der Waals surface area contributed by atoms with E-state index in [1.807, 2.05) is 0 Å². The molecule has 0 bridgehead atoms. The number of rotatable bonds is 3. The van der Waals surface area contributed by atoms with Crippen LogP contribution in [0.15, 0.2) is 36.7 Å². The lowest BCUT2D eigenvalue weighted by Crippen LogP contribution is -2.02. The summed E-state index contributed by atoms with van der Waals surface area (Å²) in [5.41, 5.74) is 0.699. The zero-order valence-corrected chi connectivity index (χ0v) is 9.12. The number of carboxylic acid groups (broad SMARTS) is 1. The Kier molecular flexibility index (Phi) is 3.00. The second kappa shape index (κ2) is 4.61. The van der Waals surface area contributed by atoms with Gasteiger partial charge in [0.2, 0.25) is 5.88 Å². The van der Waals surface area contributed by atoms with Crippen LogP contribution in [0.3, 0.4) is 0 Å². The highest BCUT2D eigenvalue weighted by atomic mass is 16.5. The normalized spacial score (nSPS) is 9.94. The number of hydrogen-bond donors (Lipinski definition) is 1. The van der Waals surface area contributed by atoms with Crippen molar-refractivity contribution in [1.82, 2.24) is 9.97 Å². The van der Waals surface area contributed by atoms with E-state index in [-0.39, 0.29) is 11.4 Å². The molecule has 17 heavy (non-hydrogen) atoms. The van der Waals surface area contributed by atoms with Crippen molar-refractivity contribution in [3.8, 4) is 11.6 Å². The van der Waals surface area contributed by atoms with Gasteiger partial charge < -0.3 is 9.84 Å². The predicted molar refractivity (Wildman–Crippen MR) is 60.2 cm³/mol. The predicted octanol–water partition coefficient (Wildman–Crippen LogP) is 2.28. The number of ether oxygens (including phenoxy) is 1. The molecule has 0 unspecified atom stereocenters. The lowest BCUT2D eigenvalue weighted by atomic mass is 10.3. The molecule has 0 aliphatic carbocycles. The quantitative estimate of drug-likeness (QED) is 0.875. The molecular weight excluding hydrogens is 220 g/mol. The van der Waals surface area contributed by atoms with Crippen LogP contribution in [0.5, 0.6) is 11.6 Å². The van der Waals surface area contributed by atoms with Gasteiger partial charge in [-0.3, -0.25) is 4.98 Å². The number of aryl methyl sites for hydroxylation is 1. The van der Waals surface area contributed by atoms with Gasteiger partial charge in [-0.15, -0.1) is 0 Å². The number of aromatic nitrogens is 2. The molecule has 0 atom stereocenters. The van der Waals surface area contributed by atoms with E-state index < -0.39 is 5.97 Å². The summed E-state index contributed by atoms with van der Waals surface area (Å²) >= 11 is 0. The average molecular weight is 230 g/mol. The van der Waals surface area contributed by atoms with Gasteiger partial charge in [-0.1, -0.05) is 0 Å². The lowest BCUT2D eigenvalue weighted by molar-refractivity contribution is 0.0693. The first kappa shape index (κ1) is 11.1. The molecular formula is C12H10N2O3. The van der Waals surface area contributed by atoms with Gasteiger partial charge in [0.15, 0.2) is 5.75 Å². The van der Waals surface area contributed by atoms with E-state index in [4.69, 9.17) is 9.84 Å². The van der Waals surface area contributed by atoms with Gasteiger partial charge in [0, 0.05) is 12.4 Å². The Morgan fingerprint density at radius 1 is 1.24 bits per heavy atom. The summed E-state index contributed by atoms with van der Waals surface area (Å²) < 4.78 is 5.45. The Labute approximate surface area is 97.7 Å². The van der Waals surface area contributed by atoms with Gasteiger partial charge in [-0.25, -0.2) is 9.78 Å². The second-order valence-corrected chi connectivity index (χ2v) is 3.35. The Morgan fingerprint density at radius 3 is 2.65 bits per heavy atom. The molecule has 0 aromatic carbocycles. The van der Waals surface area contributed by atoms with Crippen LogP contribution in [0.2, 0.25) is 0 Å². The standard InChI is InChI=1S/C12H10N2O3/c1-8-10(5-3-6-13-8)17-11-9(12(15)16)4-2-7-14-11/h2-7H,1H3,(H,15,16). The summed E-state index contributed by atoms with van der Waals surface area (Å²) in [5, 5.41) is 8.98. The first-order chi connectivity index (χ1) is 8.18. The molecule has 0 radical (unpaired) electrons. The number of carbonyl (C=O) groups is 1.